The van der Waals surface area contributed by atoms with Crippen LogP contribution < -0.4 is 5.32 Å². The highest BCUT2D eigenvalue weighted by Crippen LogP contribution is 2.01. The predicted octanol–water partition coefficient (Wildman–Crippen LogP) is 1.45. The first-order chi connectivity index (χ1) is 7.77. The van der Waals surface area contributed by atoms with E-state index in [1.54, 1.807) is 12.4 Å². The summed E-state index contributed by atoms with van der Waals surface area (Å²) < 4.78 is 4.77. The third-order valence-corrected chi connectivity index (χ3v) is 1.93. The van der Waals surface area contributed by atoms with Gasteiger partial charge in [-0.05, 0) is 6.42 Å². The molecule has 1 N–H and O–H groups in total. The molecule has 1 rings (SSSR count). The highest BCUT2D eigenvalue weighted by Gasteiger charge is 2.05. The van der Waals surface area contributed by atoms with Crippen LogP contribution in [-0.2, 0) is 17.7 Å². The van der Waals surface area contributed by atoms with Crippen molar-refractivity contribution in [3.8, 4) is 0 Å². The number of nitrogens with one attached hydrogen (secondary N) is 1. The number of aromatic nitrogens is 2. The molecule has 86 valence electrons. The number of carbonyl (C=O) groups excluding carboxylic acids is 1. The molecule has 1 amide bonds. The molecule has 0 fully saturated rings. The van der Waals surface area contributed by atoms with Crippen molar-refractivity contribution in [2.75, 3.05) is 6.61 Å². The molecular weight excluding hydrogens is 206 g/mol. The van der Waals surface area contributed by atoms with Crippen LogP contribution in [0.1, 0.15) is 18.3 Å². The van der Waals surface area contributed by atoms with E-state index in [1.807, 2.05) is 6.92 Å². The Bertz CT molecular complexity index is 366. The minimum absolute atomic E-state index is 0.201. The van der Waals surface area contributed by atoms with Crippen molar-refractivity contribution >= 4 is 6.09 Å². The van der Waals surface area contributed by atoms with Gasteiger partial charge in [-0.15, -0.1) is 0 Å². The Labute approximate surface area is 94.6 Å². The van der Waals surface area contributed by atoms with Crippen LogP contribution in [-0.4, -0.2) is 22.7 Å². The highest BCUT2D eigenvalue weighted by atomic mass is 16.5. The fraction of sp³-hybridized carbons (Fsp3) is 0.364. The van der Waals surface area contributed by atoms with Gasteiger partial charge in [0.1, 0.15) is 6.61 Å². The molecule has 0 saturated carbocycles. The second-order valence-electron chi connectivity index (χ2n) is 3.04. The summed E-state index contributed by atoms with van der Waals surface area (Å²) in [7, 11) is 0. The van der Waals surface area contributed by atoms with Crippen molar-refractivity contribution < 1.29 is 9.53 Å². The van der Waals surface area contributed by atoms with Crippen molar-refractivity contribution in [3.63, 3.8) is 0 Å². The van der Waals surface area contributed by atoms with Crippen molar-refractivity contribution in [1.82, 2.24) is 15.3 Å². The van der Waals surface area contributed by atoms with Crippen LogP contribution in [0, 0.1) is 0 Å². The largest absolute Gasteiger partial charge is 0.445 e. The van der Waals surface area contributed by atoms with E-state index < -0.39 is 6.09 Å². The molecule has 1 aromatic rings. The van der Waals surface area contributed by atoms with Crippen LogP contribution in [0.25, 0.3) is 0 Å². The van der Waals surface area contributed by atoms with Gasteiger partial charge in [0.2, 0.25) is 0 Å². The number of nitrogens with zero attached hydrogens (tertiary/aromatic N) is 2. The summed E-state index contributed by atoms with van der Waals surface area (Å²) in [6.07, 6.45) is 5.06. The second-order valence-corrected chi connectivity index (χ2v) is 3.04. The molecule has 0 radical (unpaired) electrons. The number of hydrogen-bond acceptors (Lipinski definition) is 4. The van der Waals surface area contributed by atoms with Crippen molar-refractivity contribution in [3.05, 3.63) is 36.4 Å². The van der Waals surface area contributed by atoms with E-state index in [-0.39, 0.29) is 6.61 Å². The van der Waals surface area contributed by atoms with Gasteiger partial charge < -0.3 is 10.1 Å². The fourth-order valence-corrected chi connectivity index (χ4v) is 1.18. The molecule has 0 aliphatic rings. The first-order valence-electron chi connectivity index (χ1n) is 5.08. The smallest absolute Gasteiger partial charge is 0.407 e. The first-order valence-corrected chi connectivity index (χ1v) is 5.08. The van der Waals surface area contributed by atoms with Gasteiger partial charge in [0, 0.05) is 12.4 Å². The number of ether oxygens (including phenoxy) is 1. The lowest BCUT2D eigenvalue weighted by atomic mass is 10.2. The molecule has 0 aromatic carbocycles. The summed E-state index contributed by atoms with van der Waals surface area (Å²) in [5.74, 6) is 0. The maximum Gasteiger partial charge on any atom is 0.407 e. The molecule has 5 heteroatoms. The van der Waals surface area contributed by atoms with Crippen LogP contribution in [0.15, 0.2) is 25.0 Å². The maximum atomic E-state index is 11.1. The summed E-state index contributed by atoms with van der Waals surface area (Å²) in [5.41, 5.74) is 1.65. The van der Waals surface area contributed by atoms with Gasteiger partial charge in [0.05, 0.1) is 17.9 Å². The van der Waals surface area contributed by atoms with Crippen molar-refractivity contribution in [2.45, 2.75) is 19.9 Å². The fourth-order valence-electron chi connectivity index (χ4n) is 1.18. The van der Waals surface area contributed by atoms with Gasteiger partial charge in [-0.1, -0.05) is 19.6 Å². The molecule has 0 bridgehead atoms. The average molecular weight is 221 g/mol. The van der Waals surface area contributed by atoms with Gasteiger partial charge in [-0.25, -0.2) is 4.79 Å². The first kappa shape index (κ1) is 12.2. The van der Waals surface area contributed by atoms with E-state index >= 15 is 0 Å². The zero-order valence-electron chi connectivity index (χ0n) is 9.27. The maximum absolute atomic E-state index is 11.1. The lowest BCUT2D eigenvalue weighted by Gasteiger charge is -2.07. The van der Waals surface area contributed by atoms with Gasteiger partial charge in [0.25, 0.3) is 0 Å². The van der Waals surface area contributed by atoms with Gasteiger partial charge in [0.15, 0.2) is 0 Å². The number of hydrogen-bond donors (Lipinski definition) is 1. The Kier molecular flexibility index (Phi) is 4.98. The average Bonchev–Trinajstić information content (AvgIpc) is 2.34. The molecule has 16 heavy (non-hydrogen) atoms. The minimum Gasteiger partial charge on any atom is -0.445 e. The second kappa shape index (κ2) is 6.55. The minimum atomic E-state index is -0.479. The van der Waals surface area contributed by atoms with Gasteiger partial charge >= 0.3 is 6.09 Å². The molecule has 1 aromatic heterocycles. The number of alkyl carbamates (subject to hydrolysis) is 1. The molecule has 0 aliphatic carbocycles. The number of rotatable bonds is 5. The van der Waals surface area contributed by atoms with Gasteiger partial charge in [-0.3, -0.25) is 9.97 Å². The lowest BCUT2D eigenvalue weighted by molar-refractivity contribution is 0.157. The molecule has 0 atom stereocenters. The van der Waals surface area contributed by atoms with E-state index in [1.165, 1.54) is 6.08 Å². The third kappa shape index (κ3) is 3.68. The third-order valence-electron chi connectivity index (χ3n) is 1.93. The molecule has 0 saturated heterocycles. The van der Waals surface area contributed by atoms with Crippen LogP contribution >= 0.6 is 0 Å². The SMILES string of the molecule is C=CCOC(=O)NCc1nccnc1CC. The Morgan fingerprint density at radius 3 is 2.81 bits per heavy atom. The zero-order chi connectivity index (χ0) is 11.8. The monoisotopic (exact) mass is 221 g/mol. The zero-order valence-corrected chi connectivity index (χ0v) is 9.27. The topological polar surface area (TPSA) is 64.1 Å². The molecule has 0 spiro atoms. The molecule has 0 aliphatic heterocycles. The Morgan fingerprint density at radius 2 is 2.19 bits per heavy atom. The van der Waals surface area contributed by atoms with E-state index in [0.717, 1.165) is 17.8 Å². The molecular formula is C11H15N3O2. The number of aryl methyl sites for hydroxylation is 1. The van der Waals surface area contributed by atoms with Crippen molar-refractivity contribution in [1.29, 1.82) is 0 Å². The lowest BCUT2D eigenvalue weighted by Crippen LogP contribution is -2.25. The van der Waals surface area contributed by atoms with Crippen molar-refractivity contribution in [2.24, 2.45) is 0 Å². The number of amides is 1. The quantitative estimate of drug-likeness (QED) is 0.764. The van der Waals surface area contributed by atoms with Gasteiger partial charge in [-0.2, -0.15) is 0 Å². The van der Waals surface area contributed by atoms with Crippen LogP contribution in [0.2, 0.25) is 0 Å². The Morgan fingerprint density at radius 1 is 1.50 bits per heavy atom. The highest BCUT2D eigenvalue weighted by molar-refractivity contribution is 5.67. The summed E-state index contributed by atoms with van der Waals surface area (Å²) >= 11 is 0. The summed E-state index contributed by atoms with van der Waals surface area (Å²) in [6, 6.07) is 0. The van der Waals surface area contributed by atoms with E-state index in [2.05, 4.69) is 21.9 Å². The van der Waals surface area contributed by atoms with Crippen LogP contribution in [0.5, 0.6) is 0 Å². The molecule has 0 unspecified atom stereocenters. The van der Waals surface area contributed by atoms with Crippen LogP contribution in [0.3, 0.4) is 0 Å². The summed E-state index contributed by atoms with van der Waals surface area (Å²) in [6.45, 7) is 5.97. The normalized spacial score (nSPS) is 9.56. The standard InChI is InChI=1S/C11H15N3O2/c1-3-7-16-11(15)14-8-10-9(4-2)12-5-6-13-10/h3,5-6H,1,4,7-8H2,2H3,(H,14,15). The molecule has 1 heterocycles. The van der Waals surface area contributed by atoms with E-state index in [0.29, 0.717) is 6.54 Å². The van der Waals surface area contributed by atoms with E-state index in [4.69, 9.17) is 4.74 Å². The predicted molar refractivity (Wildman–Crippen MR) is 59.8 cm³/mol. The summed E-state index contributed by atoms with van der Waals surface area (Å²) in [4.78, 5) is 19.5. The molecule has 5 nitrogen and oxygen atoms in total. The van der Waals surface area contributed by atoms with E-state index in [9.17, 15) is 4.79 Å². The van der Waals surface area contributed by atoms with Crippen LogP contribution in [0.4, 0.5) is 4.79 Å². The number of carbonyl (C=O) groups is 1. The Hall–Kier alpha value is -1.91. The summed E-state index contributed by atoms with van der Waals surface area (Å²) in [5, 5.41) is 2.60. The Balaban J connectivity index is 2.47.